The van der Waals surface area contributed by atoms with Gasteiger partial charge in [-0.05, 0) is 56.3 Å². The summed E-state index contributed by atoms with van der Waals surface area (Å²) < 4.78 is 1.19. The molecule has 1 aliphatic heterocycles. The van der Waals surface area contributed by atoms with E-state index < -0.39 is 0 Å². The molecule has 0 aliphatic carbocycles. The van der Waals surface area contributed by atoms with E-state index in [0.717, 1.165) is 12.3 Å². The van der Waals surface area contributed by atoms with E-state index in [1.165, 1.54) is 35.1 Å². The maximum absolute atomic E-state index is 5.62. The quantitative estimate of drug-likeness (QED) is 0.924. The van der Waals surface area contributed by atoms with Gasteiger partial charge in [0.25, 0.3) is 0 Å². The van der Waals surface area contributed by atoms with Gasteiger partial charge in [-0.25, -0.2) is 0 Å². The number of nitrogens with zero attached hydrogens (tertiary/aromatic N) is 1. The Labute approximate surface area is 119 Å². The molecule has 1 aliphatic rings. The zero-order valence-electron chi connectivity index (χ0n) is 11.3. The molecule has 1 fully saturated rings. The molecule has 0 saturated carbocycles. The lowest BCUT2D eigenvalue weighted by Gasteiger charge is -2.39. The lowest BCUT2D eigenvalue weighted by atomic mass is 9.91. The third kappa shape index (κ3) is 2.89. The first-order chi connectivity index (χ1) is 8.63. The monoisotopic (exact) mass is 310 g/mol. The fourth-order valence-corrected chi connectivity index (χ4v) is 3.34. The summed E-state index contributed by atoms with van der Waals surface area (Å²) in [7, 11) is 0. The van der Waals surface area contributed by atoms with Crippen molar-refractivity contribution in [2.24, 2.45) is 11.7 Å². The molecule has 0 radical (unpaired) electrons. The summed E-state index contributed by atoms with van der Waals surface area (Å²) >= 11 is 3.67. The topological polar surface area (TPSA) is 29.3 Å². The molecule has 18 heavy (non-hydrogen) atoms. The minimum Gasteiger partial charge on any atom is -0.369 e. The first-order valence-electron chi connectivity index (χ1n) is 6.88. The molecule has 1 heterocycles. The van der Waals surface area contributed by atoms with Crippen molar-refractivity contribution in [3.63, 3.8) is 0 Å². The van der Waals surface area contributed by atoms with Gasteiger partial charge in [-0.1, -0.05) is 28.9 Å². The van der Waals surface area contributed by atoms with Crippen LogP contribution in [0.15, 0.2) is 22.7 Å². The van der Waals surface area contributed by atoms with E-state index in [1.54, 1.807) is 0 Å². The summed E-state index contributed by atoms with van der Waals surface area (Å²) in [6.07, 6.45) is 3.59. The van der Waals surface area contributed by atoms with E-state index in [0.29, 0.717) is 12.6 Å². The van der Waals surface area contributed by atoms with Crippen LogP contribution in [0, 0.1) is 5.92 Å². The highest BCUT2D eigenvalue weighted by Crippen LogP contribution is 2.31. The SMILES string of the molecule is CC1CCCN(c2ccc(CCN)c(Br)c2)C1C. The van der Waals surface area contributed by atoms with Crippen molar-refractivity contribution in [3.8, 4) is 0 Å². The van der Waals surface area contributed by atoms with Crippen molar-refractivity contribution < 1.29 is 0 Å². The minimum atomic E-state index is 0.631. The van der Waals surface area contributed by atoms with Crippen LogP contribution in [0.1, 0.15) is 32.3 Å². The molecular formula is C15H23BrN2. The zero-order chi connectivity index (χ0) is 13.1. The summed E-state index contributed by atoms with van der Waals surface area (Å²) in [4.78, 5) is 2.53. The molecule has 0 aromatic heterocycles. The van der Waals surface area contributed by atoms with Crippen LogP contribution >= 0.6 is 15.9 Å². The molecule has 3 heteroatoms. The number of nitrogens with two attached hydrogens (primary N) is 1. The van der Waals surface area contributed by atoms with E-state index in [-0.39, 0.29) is 0 Å². The van der Waals surface area contributed by atoms with Crippen LogP contribution in [0.4, 0.5) is 5.69 Å². The Morgan fingerprint density at radius 2 is 2.17 bits per heavy atom. The van der Waals surface area contributed by atoms with Gasteiger partial charge in [0.15, 0.2) is 0 Å². The summed E-state index contributed by atoms with van der Waals surface area (Å²) in [6.45, 7) is 6.57. The fraction of sp³-hybridized carbons (Fsp3) is 0.600. The Morgan fingerprint density at radius 1 is 1.39 bits per heavy atom. The van der Waals surface area contributed by atoms with E-state index in [2.05, 4.69) is 52.9 Å². The van der Waals surface area contributed by atoms with Gasteiger partial charge in [-0.3, -0.25) is 0 Å². The van der Waals surface area contributed by atoms with Crippen molar-refractivity contribution in [3.05, 3.63) is 28.2 Å². The van der Waals surface area contributed by atoms with Crippen molar-refractivity contribution in [1.82, 2.24) is 0 Å². The Balaban J connectivity index is 2.20. The van der Waals surface area contributed by atoms with Gasteiger partial charge in [-0.15, -0.1) is 0 Å². The van der Waals surface area contributed by atoms with Crippen LogP contribution in [0.3, 0.4) is 0 Å². The zero-order valence-corrected chi connectivity index (χ0v) is 12.9. The van der Waals surface area contributed by atoms with Gasteiger partial charge in [0.05, 0.1) is 0 Å². The van der Waals surface area contributed by atoms with Crippen molar-refractivity contribution >= 4 is 21.6 Å². The first kappa shape index (κ1) is 13.9. The van der Waals surface area contributed by atoms with E-state index >= 15 is 0 Å². The first-order valence-corrected chi connectivity index (χ1v) is 7.68. The van der Waals surface area contributed by atoms with Crippen LogP contribution in [-0.4, -0.2) is 19.1 Å². The molecule has 1 aromatic carbocycles. The van der Waals surface area contributed by atoms with Gasteiger partial charge < -0.3 is 10.6 Å². The van der Waals surface area contributed by atoms with Gasteiger partial charge in [-0.2, -0.15) is 0 Å². The summed E-state index contributed by atoms with van der Waals surface area (Å²) in [5.41, 5.74) is 8.26. The van der Waals surface area contributed by atoms with Crippen LogP contribution in [-0.2, 0) is 6.42 Å². The third-order valence-corrected chi connectivity index (χ3v) is 4.89. The number of hydrogen-bond donors (Lipinski definition) is 1. The molecule has 1 saturated heterocycles. The number of piperidine rings is 1. The van der Waals surface area contributed by atoms with Crippen molar-refractivity contribution in [2.45, 2.75) is 39.2 Å². The fourth-order valence-electron chi connectivity index (χ4n) is 2.77. The Hall–Kier alpha value is -0.540. The second-order valence-corrected chi connectivity index (χ2v) is 6.22. The predicted octanol–water partition coefficient (Wildman–Crippen LogP) is 3.58. The van der Waals surface area contributed by atoms with Gasteiger partial charge in [0, 0.05) is 22.7 Å². The van der Waals surface area contributed by atoms with E-state index in [4.69, 9.17) is 5.73 Å². The largest absolute Gasteiger partial charge is 0.369 e. The van der Waals surface area contributed by atoms with Crippen LogP contribution in [0.5, 0.6) is 0 Å². The normalized spacial score (nSPS) is 24.3. The molecule has 1 aromatic rings. The highest BCUT2D eigenvalue weighted by Gasteiger charge is 2.24. The number of benzene rings is 1. The smallest absolute Gasteiger partial charge is 0.0380 e. The lowest BCUT2D eigenvalue weighted by Crippen LogP contribution is -2.42. The Bertz CT molecular complexity index is 405. The number of anilines is 1. The maximum Gasteiger partial charge on any atom is 0.0380 e. The van der Waals surface area contributed by atoms with Gasteiger partial charge >= 0.3 is 0 Å². The van der Waals surface area contributed by atoms with E-state index in [9.17, 15) is 0 Å². The number of rotatable bonds is 3. The molecule has 0 spiro atoms. The molecule has 2 atom stereocenters. The molecule has 100 valence electrons. The molecular weight excluding hydrogens is 288 g/mol. The van der Waals surface area contributed by atoms with Crippen LogP contribution < -0.4 is 10.6 Å². The maximum atomic E-state index is 5.62. The molecule has 2 rings (SSSR count). The minimum absolute atomic E-state index is 0.631. The second-order valence-electron chi connectivity index (χ2n) is 5.37. The number of hydrogen-bond acceptors (Lipinski definition) is 2. The predicted molar refractivity (Wildman–Crippen MR) is 82.1 cm³/mol. The summed E-state index contributed by atoms with van der Waals surface area (Å²) in [6, 6.07) is 7.33. The Kier molecular flexibility index (Phi) is 4.68. The van der Waals surface area contributed by atoms with Crippen LogP contribution in [0.2, 0.25) is 0 Å². The van der Waals surface area contributed by atoms with Crippen molar-refractivity contribution in [2.75, 3.05) is 18.0 Å². The summed E-state index contributed by atoms with van der Waals surface area (Å²) in [5, 5.41) is 0. The van der Waals surface area contributed by atoms with Gasteiger partial charge in [0.1, 0.15) is 0 Å². The number of halogens is 1. The van der Waals surface area contributed by atoms with Crippen molar-refractivity contribution in [1.29, 1.82) is 0 Å². The van der Waals surface area contributed by atoms with Gasteiger partial charge in [0.2, 0.25) is 0 Å². The average Bonchev–Trinajstić information content (AvgIpc) is 2.35. The molecule has 2 nitrogen and oxygen atoms in total. The standard InChI is InChI=1S/C15H23BrN2/c1-11-4-3-9-18(12(11)2)14-6-5-13(7-8-17)15(16)10-14/h5-6,10-12H,3-4,7-9,17H2,1-2H3. The average molecular weight is 311 g/mol. The highest BCUT2D eigenvalue weighted by atomic mass is 79.9. The lowest BCUT2D eigenvalue weighted by molar-refractivity contribution is 0.363. The molecule has 0 amide bonds. The molecule has 2 N–H and O–H groups in total. The second kappa shape index (κ2) is 6.07. The van der Waals surface area contributed by atoms with E-state index in [1.807, 2.05) is 0 Å². The summed E-state index contributed by atoms with van der Waals surface area (Å²) in [5.74, 6) is 0.779. The Morgan fingerprint density at radius 3 is 2.83 bits per heavy atom. The highest BCUT2D eigenvalue weighted by molar-refractivity contribution is 9.10. The third-order valence-electron chi connectivity index (χ3n) is 4.16. The van der Waals surface area contributed by atoms with Crippen LogP contribution in [0.25, 0.3) is 0 Å². The molecule has 2 unspecified atom stereocenters. The molecule has 0 bridgehead atoms.